The van der Waals surface area contributed by atoms with E-state index >= 15 is 0 Å². The summed E-state index contributed by atoms with van der Waals surface area (Å²) in [5.41, 5.74) is 3.60. The first-order chi connectivity index (χ1) is 13.1. The molecular formula is C21H16BrN3O2. The highest BCUT2D eigenvalue weighted by atomic mass is 79.9. The maximum absolute atomic E-state index is 11.0. The van der Waals surface area contributed by atoms with Crippen LogP contribution in [0.2, 0.25) is 0 Å². The number of nitro benzene ring substituents is 1. The molecule has 0 amide bonds. The predicted octanol–water partition coefficient (Wildman–Crippen LogP) is 6.52. The number of allylic oxidation sites excluding steroid dienone is 1. The highest BCUT2D eigenvalue weighted by Crippen LogP contribution is 2.26. The number of hydrogen-bond donors (Lipinski definition) is 1. The molecule has 0 heterocycles. The van der Waals surface area contributed by atoms with Gasteiger partial charge in [-0.05, 0) is 70.0 Å². The van der Waals surface area contributed by atoms with Gasteiger partial charge in [-0.1, -0.05) is 30.3 Å². The minimum atomic E-state index is -0.416. The van der Waals surface area contributed by atoms with Gasteiger partial charge in [-0.15, -0.1) is 0 Å². The molecule has 27 heavy (non-hydrogen) atoms. The van der Waals surface area contributed by atoms with Crippen LogP contribution in [0.3, 0.4) is 0 Å². The van der Waals surface area contributed by atoms with Crippen molar-refractivity contribution in [1.82, 2.24) is 0 Å². The molecule has 0 spiro atoms. The first kappa shape index (κ1) is 18.5. The standard InChI is InChI=1S/C21H16BrN3O2/c22-20-13-8-16(15-21(20)25(26)27)5-4-14-23-17-9-11-19(12-10-17)24-18-6-2-1-3-7-18/h1-15,24H/b5-4+,23-14?. The number of hydrogen-bond acceptors (Lipinski definition) is 4. The fourth-order valence-electron chi connectivity index (χ4n) is 2.38. The monoisotopic (exact) mass is 421 g/mol. The van der Waals surface area contributed by atoms with E-state index < -0.39 is 4.92 Å². The Hall–Kier alpha value is -3.25. The molecule has 0 saturated heterocycles. The van der Waals surface area contributed by atoms with Crippen LogP contribution in [0.1, 0.15) is 5.56 Å². The third-order valence-electron chi connectivity index (χ3n) is 3.70. The number of nitro groups is 1. The molecule has 0 aromatic heterocycles. The Balaban J connectivity index is 1.62. The number of nitrogens with one attached hydrogen (secondary N) is 1. The molecule has 0 saturated carbocycles. The van der Waals surface area contributed by atoms with Crippen LogP contribution in [0.15, 0.2) is 88.3 Å². The van der Waals surface area contributed by atoms with E-state index in [0.29, 0.717) is 4.47 Å². The highest BCUT2D eigenvalue weighted by Gasteiger charge is 2.10. The Morgan fingerprint density at radius 2 is 1.67 bits per heavy atom. The van der Waals surface area contributed by atoms with Gasteiger partial charge in [-0.3, -0.25) is 15.1 Å². The first-order valence-corrected chi connectivity index (χ1v) is 8.98. The molecular weight excluding hydrogens is 406 g/mol. The fraction of sp³-hybridized carbons (Fsp3) is 0. The van der Waals surface area contributed by atoms with E-state index in [0.717, 1.165) is 22.6 Å². The van der Waals surface area contributed by atoms with Crippen molar-refractivity contribution in [3.63, 3.8) is 0 Å². The molecule has 0 aliphatic rings. The van der Waals surface area contributed by atoms with Crippen LogP contribution >= 0.6 is 15.9 Å². The Morgan fingerprint density at radius 3 is 2.37 bits per heavy atom. The topological polar surface area (TPSA) is 67.5 Å². The number of anilines is 2. The van der Waals surface area contributed by atoms with Gasteiger partial charge < -0.3 is 5.32 Å². The van der Waals surface area contributed by atoms with E-state index in [1.807, 2.05) is 54.6 Å². The highest BCUT2D eigenvalue weighted by molar-refractivity contribution is 9.10. The SMILES string of the molecule is O=[N+]([O-])c1cc(/C=C/C=Nc2ccc(Nc3ccccc3)cc2)ccc1Br. The molecule has 0 unspecified atom stereocenters. The van der Waals surface area contributed by atoms with Crippen molar-refractivity contribution >= 4 is 51.0 Å². The minimum Gasteiger partial charge on any atom is -0.356 e. The Bertz CT molecular complexity index is 984. The van der Waals surface area contributed by atoms with Gasteiger partial charge in [0.25, 0.3) is 5.69 Å². The molecule has 3 aromatic carbocycles. The molecule has 0 fully saturated rings. The van der Waals surface area contributed by atoms with Gasteiger partial charge in [0.2, 0.25) is 0 Å². The summed E-state index contributed by atoms with van der Waals surface area (Å²) in [5, 5.41) is 14.3. The summed E-state index contributed by atoms with van der Waals surface area (Å²) in [5.74, 6) is 0. The number of benzene rings is 3. The van der Waals surface area contributed by atoms with E-state index in [-0.39, 0.29) is 5.69 Å². The molecule has 3 rings (SSSR count). The predicted molar refractivity (Wildman–Crippen MR) is 114 cm³/mol. The lowest BCUT2D eigenvalue weighted by molar-refractivity contribution is -0.385. The molecule has 0 aliphatic carbocycles. The van der Waals surface area contributed by atoms with E-state index in [9.17, 15) is 10.1 Å². The fourth-order valence-corrected chi connectivity index (χ4v) is 2.77. The van der Waals surface area contributed by atoms with Crippen molar-refractivity contribution in [2.45, 2.75) is 0 Å². The van der Waals surface area contributed by atoms with E-state index in [1.54, 1.807) is 30.5 Å². The zero-order chi connectivity index (χ0) is 19.1. The van der Waals surface area contributed by atoms with E-state index in [4.69, 9.17) is 0 Å². The molecule has 134 valence electrons. The average molecular weight is 422 g/mol. The minimum absolute atomic E-state index is 0.0376. The molecule has 1 N–H and O–H groups in total. The van der Waals surface area contributed by atoms with E-state index in [1.165, 1.54) is 6.07 Å². The first-order valence-electron chi connectivity index (χ1n) is 8.18. The lowest BCUT2D eigenvalue weighted by Crippen LogP contribution is -1.89. The van der Waals surface area contributed by atoms with Crippen molar-refractivity contribution in [3.8, 4) is 0 Å². The Kier molecular flexibility index (Phi) is 6.12. The summed E-state index contributed by atoms with van der Waals surface area (Å²) < 4.78 is 0.461. The summed E-state index contributed by atoms with van der Waals surface area (Å²) in [6.45, 7) is 0. The smallest absolute Gasteiger partial charge is 0.284 e. The van der Waals surface area contributed by atoms with E-state index in [2.05, 4.69) is 26.2 Å². The zero-order valence-corrected chi connectivity index (χ0v) is 15.8. The maximum Gasteiger partial charge on any atom is 0.284 e. The van der Waals surface area contributed by atoms with Crippen molar-refractivity contribution in [2.75, 3.05) is 5.32 Å². The summed E-state index contributed by atoms with van der Waals surface area (Å²) in [4.78, 5) is 14.9. The van der Waals surface area contributed by atoms with Crippen molar-refractivity contribution in [2.24, 2.45) is 4.99 Å². The van der Waals surface area contributed by atoms with Crippen LogP contribution in [0.4, 0.5) is 22.7 Å². The van der Waals surface area contributed by atoms with Crippen LogP contribution in [0, 0.1) is 10.1 Å². The second-order valence-electron chi connectivity index (χ2n) is 5.64. The van der Waals surface area contributed by atoms with Crippen molar-refractivity contribution in [3.05, 3.63) is 99.0 Å². The normalized spacial score (nSPS) is 11.1. The van der Waals surface area contributed by atoms with Gasteiger partial charge in [0.1, 0.15) is 0 Å². The van der Waals surface area contributed by atoms with Crippen molar-refractivity contribution < 1.29 is 4.92 Å². The number of para-hydroxylation sites is 1. The molecule has 0 aliphatic heterocycles. The lowest BCUT2D eigenvalue weighted by atomic mass is 10.2. The lowest BCUT2D eigenvalue weighted by Gasteiger charge is -2.05. The molecule has 0 radical (unpaired) electrons. The van der Waals surface area contributed by atoms with Gasteiger partial charge >= 0.3 is 0 Å². The summed E-state index contributed by atoms with van der Waals surface area (Å²) in [6, 6.07) is 22.7. The number of nitrogens with zero attached hydrogens (tertiary/aromatic N) is 2. The largest absolute Gasteiger partial charge is 0.356 e. The van der Waals surface area contributed by atoms with Crippen molar-refractivity contribution in [1.29, 1.82) is 0 Å². The Labute approximate surface area is 165 Å². The van der Waals surface area contributed by atoms with Gasteiger partial charge in [0.05, 0.1) is 15.1 Å². The summed E-state index contributed by atoms with van der Waals surface area (Å²) in [7, 11) is 0. The van der Waals surface area contributed by atoms with Gasteiger partial charge in [-0.2, -0.15) is 0 Å². The molecule has 5 nitrogen and oxygen atoms in total. The average Bonchev–Trinajstić information content (AvgIpc) is 2.68. The molecule has 6 heteroatoms. The number of halogens is 1. The number of rotatable bonds is 6. The second kappa shape index (κ2) is 8.91. The number of aliphatic imine (C=N–C) groups is 1. The molecule has 0 bridgehead atoms. The zero-order valence-electron chi connectivity index (χ0n) is 14.2. The maximum atomic E-state index is 11.0. The molecule has 0 atom stereocenters. The quantitative estimate of drug-likeness (QED) is 0.280. The summed E-state index contributed by atoms with van der Waals surface area (Å²) >= 11 is 3.17. The van der Waals surface area contributed by atoms with Crippen LogP contribution in [-0.2, 0) is 0 Å². The second-order valence-corrected chi connectivity index (χ2v) is 6.50. The van der Waals surface area contributed by atoms with Crippen LogP contribution in [0.25, 0.3) is 6.08 Å². The van der Waals surface area contributed by atoms with Crippen LogP contribution in [-0.4, -0.2) is 11.1 Å². The third-order valence-corrected chi connectivity index (χ3v) is 4.37. The van der Waals surface area contributed by atoms with Gasteiger partial charge in [0, 0.05) is 23.7 Å². The third kappa shape index (κ3) is 5.36. The molecule has 3 aromatic rings. The van der Waals surface area contributed by atoms with Crippen LogP contribution in [0.5, 0.6) is 0 Å². The van der Waals surface area contributed by atoms with Gasteiger partial charge in [0.15, 0.2) is 0 Å². The summed E-state index contributed by atoms with van der Waals surface area (Å²) in [6.07, 6.45) is 5.19. The Morgan fingerprint density at radius 1 is 0.963 bits per heavy atom. The van der Waals surface area contributed by atoms with Crippen LogP contribution < -0.4 is 5.32 Å². The van der Waals surface area contributed by atoms with Gasteiger partial charge in [-0.25, -0.2) is 0 Å².